The predicted octanol–water partition coefficient (Wildman–Crippen LogP) is 4.39. The molecule has 6 heteroatoms. The highest BCUT2D eigenvalue weighted by Gasteiger charge is 2.42. The fourth-order valence-electron chi connectivity index (χ4n) is 4.31. The molecule has 3 aromatic rings. The zero-order chi connectivity index (χ0) is 20.0. The SMILES string of the molecule is Cc1ccc2nc(-c3ccc(N4C(=O)CC(N5CCCCC5)C4=O)cc3)sc2c1. The van der Waals surface area contributed by atoms with Gasteiger partial charge in [-0.25, -0.2) is 9.88 Å². The van der Waals surface area contributed by atoms with Crippen molar-refractivity contribution in [1.82, 2.24) is 9.88 Å². The smallest absolute Gasteiger partial charge is 0.251 e. The number of aromatic nitrogens is 1. The molecule has 0 aliphatic carbocycles. The van der Waals surface area contributed by atoms with Crippen molar-refractivity contribution in [3.63, 3.8) is 0 Å². The van der Waals surface area contributed by atoms with Gasteiger partial charge in [0.05, 0.1) is 28.4 Å². The number of rotatable bonds is 3. The van der Waals surface area contributed by atoms with Crippen LogP contribution in [0.15, 0.2) is 42.5 Å². The van der Waals surface area contributed by atoms with E-state index in [4.69, 9.17) is 4.98 Å². The van der Waals surface area contributed by atoms with Gasteiger partial charge >= 0.3 is 0 Å². The van der Waals surface area contributed by atoms with Gasteiger partial charge in [0.25, 0.3) is 5.91 Å². The number of carbonyl (C=O) groups excluding carboxylic acids is 2. The largest absolute Gasteiger partial charge is 0.292 e. The maximum Gasteiger partial charge on any atom is 0.251 e. The van der Waals surface area contributed by atoms with Gasteiger partial charge in [-0.3, -0.25) is 14.5 Å². The number of piperidine rings is 1. The van der Waals surface area contributed by atoms with Crippen molar-refractivity contribution >= 4 is 39.1 Å². The lowest BCUT2D eigenvalue weighted by molar-refractivity contribution is -0.123. The molecular weight excluding hydrogens is 382 g/mol. The van der Waals surface area contributed by atoms with E-state index in [1.165, 1.54) is 21.6 Å². The van der Waals surface area contributed by atoms with Gasteiger partial charge in [-0.05, 0) is 74.8 Å². The average Bonchev–Trinajstić information content (AvgIpc) is 3.29. The van der Waals surface area contributed by atoms with Crippen LogP contribution in [0.1, 0.15) is 31.2 Å². The fraction of sp³-hybridized carbons (Fsp3) is 0.348. The third-order valence-electron chi connectivity index (χ3n) is 5.87. The monoisotopic (exact) mass is 405 g/mol. The first-order chi connectivity index (χ1) is 14.1. The molecule has 5 rings (SSSR count). The van der Waals surface area contributed by atoms with E-state index in [1.54, 1.807) is 11.3 Å². The van der Waals surface area contributed by atoms with Crippen LogP contribution in [0, 0.1) is 6.92 Å². The standard InChI is InChI=1S/C23H23N3O2S/c1-15-5-10-18-20(13-15)29-22(24-18)16-6-8-17(9-7-16)26-21(27)14-19(23(26)28)25-11-3-2-4-12-25/h5-10,13,19H,2-4,11-12,14H2,1H3. The molecule has 2 aromatic carbocycles. The van der Waals surface area contributed by atoms with E-state index in [9.17, 15) is 9.59 Å². The van der Waals surface area contributed by atoms with E-state index in [-0.39, 0.29) is 24.3 Å². The Morgan fingerprint density at radius 1 is 1.00 bits per heavy atom. The number of anilines is 1. The number of nitrogens with zero attached hydrogens (tertiary/aromatic N) is 3. The summed E-state index contributed by atoms with van der Waals surface area (Å²) in [7, 11) is 0. The van der Waals surface area contributed by atoms with E-state index in [1.807, 2.05) is 30.3 Å². The number of hydrogen-bond acceptors (Lipinski definition) is 5. The van der Waals surface area contributed by atoms with Crippen LogP contribution >= 0.6 is 11.3 Å². The van der Waals surface area contributed by atoms with Gasteiger partial charge in [-0.1, -0.05) is 12.5 Å². The number of imide groups is 1. The second kappa shape index (κ2) is 7.35. The Hall–Kier alpha value is -2.57. The molecule has 1 aromatic heterocycles. The van der Waals surface area contributed by atoms with Crippen molar-refractivity contribution in [3.05, 3.63) is 48.0 Å². The Balaban J connectivity index is 1.39. The van der Waals surface area contributed by atoms with Gasteiger partial charge in [0.1, 0.15) is 5.01 Å². The first-order valence-corrected chi connectivity index (χ1v) is 11.0. The number of fused-ring (bicyclic) bond motifs is 1. The first kappa shape index (κ1) is 18.5. The van der Waals surface area contributed by atoms with Crippen LogP contribution in [0.3, 0.4) is 0 Å². The van der Waals surface area contributed by atoms with Gasteiger partial charge in [-0.15, -0.1) is 11.3 Å². The summed E-state index contributed by atoms with van der Waals surface area (Å²) in [6.45, 7) is 3.90. The lowest BCUT2D eigenvalue weighted by Crippen LogP contribution is -2.44. The number of hydrogen-bond donors (Lipinski definition) is 0. The molecule has 148 valence electrons. The lowest BCUT2D eigenvalue weighted by atomic mass is 10.1. The van der Waals surface area contributed by atoms with Crippen LogP contribution in [0.5, 0.6) is 0 Å². The van der Waals surface area contributed by atoms with Crippen LogP contribution in [0.4, 0.5) is 5.69 Å². The molecule has 0 saturated carbocycles. The third-order valence-corrected chi connectivity index (χ3v) is 6.94. The molecular formula is C23H23N3O2S. The van der Waals surface area contributed by atoms with Crippen molar-refractivity contribution in [2.24, 2.45) is 0 Å². The van der Waals surface area contributed by atoms with E-state index >= 15 is 0 Å². The van der Waals surface area contributed by atoms with Crippen LogP contribution < -0.4 is 4.90 Å². The summed E-state index contributed by atoms with van der Waals surface area (Å²) in [5.41, 5.74) is 3.87. The van der Waals surface area contributed by atoms with Crippen LogP contribution in [-0.4, -0.2) is 40.8 Å². The number of likely N-dealkylation sites (tertiary alicyclic amines) is 1. The Kier molecular flexibility index (Phi) is 4.68. The van der Waals surface area contributed by atoms with Crippen molar-refractivity contribution in [2.75, 3.05) is 18.0 Å². The Labute approximate surface area is 174 Å². The van der Waals surface area contributed by atoms with Crippen LogP contribution in [0.2, 0.25) is 0 Å². The molecule has 1 unspecified atom stereocenters. The summed E-state index contributed by atoms with van der Waals surface area (Å²) in [4.78, 5) is 33.8. The minimum absolute atomic E-state index is 0.0832. The molecule has 0 spiro atoms. The molecule has 2 fully saturated rings. The summed E-state index contributed by atoms with van der Waals surface area (Å²) < 4.78 is 1.17. The lowest BCUT2D eigenvalue weighted by Gasteiger charge is -2.30. The fourth-order valence-corrected chi connectivity index (χ4v) is 5.38. The molecule has 2 saturated heterocycles. The Morgan fingerprint density at radius 3 is 2.52 bits per heavy atom. The Bertz CT molecular complexity index is 1080. The highest BCUT2D eigenvalue weighted by Crippen LogP contribution is 2.33. The minimum atomic E-state index is -0.296. The number of thiazole rings is 1. The molecule has 29 heavy (non-hydrogen) atoms. The summed E-state index contributed by atoms with van der Waals surface area (Å²) >= 11 is 1.66. The zero-order valence-electron chi connectivity index (χ0n) is 16.4. The van der Waals surface area contributed by atoms with E-state index < -0.39 is 0 Å². The van der Waals surface area contributed by atoms with E-state index in [0.29, 0.717) is 5.69 Å². The number of carbonyl (C=O) groups is 2. The van der Waals surface area contributed by atoms with Crippen molar-refractivity contribution < 1.29 is 9.59 Å². The van der Waals surface area contributed by atoms with Gasteiger partial charge < -0.3 is 0 Å². The topological polar surface area (TPSA) is 53.5 Å². The van der Waals surface area contributed by atoms with Crippen molar-refractivity contribution in [1.29, 1.82) is 0 Å². The van der Waals surface area contributed by atoms with E-state index in [0.717, 1.165) is 42.0 Å². The molecule has 2 aliphatic rings. The summed E-state index contributed by atoms with van der Waals surface area (Å²) in [5, 5.41) is 0.947. The van der Waals surface area contributed by atoms with Crippen LogP contribution in [0.25, 0.3) is 20.8 Å². The second-order valence-corrected chi connectivity index (χ2v) is 8.95. The van der Waals surface area contributed by atoms with Crippen LogP contribution in [-0.2, 0) is 9.59 Å². The van der Waals surface area contributed by atoms with Crippen molar-refractivity contribution in [2.45, 2.75) is 38.6 Å². The molecule has 0 radical (unpaired) electrons. The predicted molar refractivity (Wildman–Crippen MR) is 116 cm³/mol. The number of benzene rings is 2. The van der Waals surface area contributed by atoms with E-state index in [2.05, 4.69) is 24.0 Å². The second-order valence-electron chi connectivity index (χ2n) is 7.92. The van der Waals surface area contributed by atoms with Gasteiger partial charge in [0.2, 0.25) is 5.91 Å². The molecule has 5 nitrogen and oxygen atoms in total. The van der Waals surface area contributed by atoms with Crippen molar-refractivity contribution in [3.8, 4) is 10.6 Å². The van der Waals surface area contributed by atoms with Gasteiger partial charge in [0.15, 0.2) is 0 Å². The molecule has 2 amide bonds. The quantitative estimate of drug-likeness (QED) is 0.607. The molecule has 3 heterocycles. The highest BCUT2D eigenvalue weighted by atomic mass is 32.1. The maximum atomic E-state index is 13.0. The average molecular weight is 406 g/mol. The number of amides is 2. The summed E-state index contributed by atoms with van der Waals surface area (Å²) in [6, 6.07) is 13.6. The first-order valence-electron chi connectivity index (χ1n) is 10.2. The molecule has 2 aliphatic heterocycles. The normalized spacial score (nSPS) is 20.7. The number of aryl methyl sites for hydroxylation is 1. The summed E-state index contributed by atoms with van der Waals surface area (Å²) in [6.07, 6.45) is 3.71. The molecule has 0 N–H and O–H groups in total. The molecule has 1 atom stereocenters. The minimum Gasteiger partial charge on any atom is -0.292 e. The Morgan fingerprint density at radius 2 is 1.76 bits per heavy atom. The van der Waals surface area contributed by atoms with Gasteiger partial charge in [0, 0.05) is 5.56 Å². The molecule has 0 bridgehead atoms. The van der Waals surface area contributed by atoms with Gasteiger partial charge in [-0.2, -0.15) is 0 Å². The zero-order valence-corrected chi connectivity index (χ0v) is 17.2. The third kappa shape index (κ3) is 3.36. The summed E-state index contributed by atoms with van der Waals surface area (Å²) in [5.74, 6) is -0.186. The maximum absolute atomic E-state index is 13.0. The highest BCUT2D eigenvalue weighted by molar-refractivity contribution is 7.21.